The smallest absolute Gasteiger partial charge is 0.335 e. The van der Waals surface area contributed by atoms with Gasteiger partial charge in [-0.05, 0) is 60.4 Å². The second kappa shape index (κ2) is 5.17. The van der Waals surface area contributed by atoms with Gasteiger partial charge in [-0.15, -0.1) is 0 Å². The lowest BCUT2D eigenvalue weighted by Gasteiger charge is -2.15. The fourth-order valence-electron chi connectivity index (χ4n) is 2.65. The molecule has 0 radical (unpaired) electrons. The lowest BCUT2D eigenvalue weighted by atomic mass is 10.1. The molecule has 1 unspecified atom stereocenters. The minimum absolute atomic E-state index is 0.262. The van der Waals surface area contributed by atoms with Gasteiger partial charge in [0.05, 0.1) is 11.6 Å². The van der Waals surface area contributed by atoms with Crippen LogP contribution in [0, 0.1) is 0 Å². The van der Waals surface area contributed by atoms with Crippen LogP contribution in [0.25, 0.3) is 0 Å². The summed E-state index contributed by atoms with van der Waals surface area (Å²) >= 11 is 6.00. The Morgan fingerprint density at radius 2 is 1.95 bits per heavy atom. The first-order valence-electron chi connectivity index (χ1n) is 6.52. The summed E-state index contributed by atoms with van der Waals surface area (Å²) < 4.78 is 0. The molecule has 3 nitrogen and oxygen atoms in total. The number of aryl methyl sites for hydroxylation is 1. The second-order valence-electron chi connectivity index (χ2n) is 4.96. The number of halogens is 1. The Balaban J connectivity index is 1.78. The van der Waals surface area contributed by atoms with E-state index in [0.29, 0.717) is 5.56 Å². The SMILES string of the molecule is O=C(O)c1ccc(NC2CCc3cc(Cl)ccc32)cc1. The highest BCUT2D eigenvalue weighted by Gasteiger charge is 2.22. The van der Waals surface area contributed by atoms with Crippen LogP contribution in [-0.2, 0) is 6.42 Å². The molecule has 20 heavy (non-hydrogen) atoms. The zero-order valence-electron chi connectivity index (χ0n) is 10.8. The van der Waals surface area contributed by atoms with Crippen molar-refractivity contribution in [1.82, 2.24) is 0 Å². The molecule has 4 heteroatoms. The van der Waals surface area contributed by atoms with Crippen LogP contribution >= 0.6 is 11.6 Å². The third-order valence-electron chi connectivity index (χ3n) is 3.66. The van der Waals surface area contributed by atoms with Crippen molar-refractivity contribution < 1.29 is 9.90 Å². The maximum absolute atomic E-state index is 10.8. The number of hydrogen-bond donors (Lipinski definition) is 2. The number of anilines is 1. The number of fused-ring (bicyclic) bond motifs is 1. The van der Waals surface area contributed by atoms with Crippen LogP contribution in [0.5, 0.6) is 0 Å². The van der Waals surface area contributed by atoms with E-state index >= 15 is 0 Å². The molecule has 0 saturated carbocycles. The van der Waals surface area contributed by atoms with Crippen molar-refractivity contribution in [2.45, 2.75) is 18.9 Å². The van der Waals surface area contributed by atoms with Crippen LogP contribution in [0.1, 0.15) is 33.9 Å². The second-order valence-corrected chi connectivity index (χ2v) is 5.40. The molecule has 0 heterocycles. The van der Waals surface area contributed by atoms with Crippen LogP contribution in [0.15, 0.2) is 42.5 Å². The summed E-state index contributed by atoms with van der Waals surface area (Å²) in [6.07, 6.45) is 2.04. The maximum Gasteiger partial charge on any atom is 0.335 e. The number of benzene rings is 2. The lowest BCUT2D eigenvalue weighted by molar-refractivity contribution is 0.0697. The van der Waals surface area contributed by atoms with E-state index in [1.54, 1.807) is 24.3 Å². The van der Waals surface area contributed by atoms with E-state index in [9.17, 15) is 4.79 Å². The predicted octanol–water partition coefficient (Wildman–Crippen LogP) is 4.14. The number of carboxylic acids is 1. The first kappa shape index (κ1) is 13.0. The molecular formula is C16H14ClNO2. The molecule has 0 aliphatic heterocycles. The van der Waals surface area contributed by atoms with E-state index in [1.165, 1.54) is 11.1 Å². The summed E-state index contributed by atoms with van der Waals surface area (Å²) in [4.78, 5) is 10.8. The van der Waals surface area contributed by atoms with E-state index in [0.717, 1.165) is 23.6 Å². The summed E-state index contributed by atoms with van der Waals surface area (Å²) in [6.45, 7) is 0. The molecule has 2 aromatic carbocycles. The van der Waals surface area contributed by atoms with Gasteiger partial charge in [0.15, 0.2) is 0 Å². The average Bonchev–Trinajstić information content (AvgIpc) is 2.81. The van der Waals surface area contributed by atoms with Gasteiger partial charge in [0.2, 0.25) is 0 Å². The molecule has 0 amide bonds. The van der Waals surface area contributed by atoms with Gasteiger partial charge in [-0.25, -0.2) is 4.79 Å². The zero-order valence-corrected chi connectivity index (χ0v) is 11.5. The molecule has 2 N–H and O–H groups in total. The van der Waals surface area contributed by atoms with Crippen molar-refractivity contribution in [1.29, 1.82) is 0 Å². The molecule has 2 aromatic rings. The average molecular weight is 288 g/mol. The zero-order chi connectivity index (χ0) is 14.1. The Labute approximate surface area is 122 Å². The van der Waals surface area contributed by atoms with Gasteiger partial charge in [0, 0.05) is 10.7 Å². The van der Waals surface area contributed by atoms with Crippen molar-refractivity contribution in [2.75, 3.05) is 5.32 Å². The highest BCUT2D eigenvalue weighted by Crippen LogP contribution is 2.35. The number of carboxylic acid groups (broad SMARTS) is 1. The molecule has 0 fully saturated rings. The minimum atomic E-state index is -0.905. The van der Waals surface area contributed by atoms with Crippen LogP contribution < -0.4 is 5.32 Å². The van der Waals surface area contributed by atoms with Gasteiger partial charge in [-0.1, -0.05) is 17.7 Å². The standard InChI is InChI=1S/C16H14ClNO2/c17-12-4-7-14-11(9-12)3-8-15(14)18-13-5-1-10(2-6-13)16(19)20/h1-2,4-7,9,15,18H,3,8H2,(H,19,20). The predicted molar refractivity (Wildman–Crippen MR) is 79.5 cm³/mol. The van der Waals surface area contributed by atoms with Gasteiger partial charge < -0.3 is 10.4 Å². The summed E-state index contributed by atoms with van der Waals surface area (Å²) in [6, 6.07) is 13.1. The molecule has 1 atom stereocenters. The van der Waals surface area contributed by atoms with Crippen LogP contribution in [0.3, 0.4) is 0 Å². The molecule has 1 aliphatic rings. The van der Waals surface area contributed by atoms with E-state index < -0.39 is 5.97 Å². The normalized spacial score (nSPS) is 16.8. The van der Waals surface area contributed by atoms with Gasteiger partial charge in [0.1, 0.15) is 0 Å². The Morgan fingerprint density at radius 1 is 1.20 bits per heavy atom. The molecule has 1 aliphatic carbocycles. The van der Waals surface area contributed by atoms with Gasteiger partial charge >= 0.3 is 5.97 Å². The number of rotatable bonds is 3. The van der Waals surface area contributed by atoms with E-state index in [1.807, 2.05) is 12.1 Å². The van der Waals surface area contributed by atoms with Crippen LogP contribution in [-0.4, -0.2) is 11.1 Å². The summed E-state index contributed by atoms with van der Waals surface area (Å²) in [5.41, 5.74) is 3.80. The van der Waals surface area contributed by atoms with Crippen molar-refractivity contribution >= 4 is 23.3 Å². The van der Waals surface area contributed by atoms with Crippen LogP contribution in [0.2, 0.25) is 5.02 Å². The third kappa shape index (κ3) is 2.49. The molecule has 0 saturated heterocycles. The minimum Gasteiger partial charge on any atom is -0.478 e. The van der Waals surface area contributed by atoms with Gasteiger partial charge in [-0.3, -0.25) is 0 Å². The van der Waals surface area contributed by atoms with Gasteiger partial charge in [0.25, 0.3) is 0 Å². The summed E-state index contributed by atoms with van der Waals surface area (Å²) in [5, 5.41) is 13.1. The molecule has 3 rings (SSSR count). The van der Waals surface area contributed by atoms with Crippen molar-refractivity contribution in [2.24, 2.45) is 0 Å². The Bertz CT molecular complexity index is 652. The fourth-order valence-corrected chi connectivity index (χ4v) is 2.84. The van der Waals surface area contributed by atoms with Crippen molar-refractivity contribution in [3.05, 3.63) is 64.2 Å². The van der Waals surface area contributed by atoms with Crippen molar-refractivity contribution in [3.63, 3.8) is 0 Å². The van der Waals surface area contributed by atoms with Crippen molar-refractivity contribution in [3.8, 4) is 0 Å². The molecule has 0 aromatic heterocycles. The monoisotopic (exact) mass is 287 g/mol. The topological polar surface area (TPSA) is 49.3 Å². The first-order chi connectivity index (χ1) is 9.63. The fraction of sp³-hybridized carbons (Fsp3) is 0.188. The molecular weight excluding hydrogens is 274 g/mol. The number of nitrogens with one attached hydrogen (secondary N) is 1. The van der Waals surface area contributed by atoms with Gasteiger partial charge in [-0.2, -0.15) is 0 Å². The molecule has 0 spiro atoms. The highest BCUT2D eigenvalue weighted by atomic mass is 35.5. The Morgan fingerprint density at radius 3 is 2.65 bits per heavy atom. The quantitative estimate of drug-likeness (QED) is 0.892. The maximum atomic E-state index is 10.8. The Hall–Kier alpha value is -2.00. The molecule has 102 valence electrons. The highest BCUT2D eigenvalue weighted by molar-refractivity contribution is 6.30. The Kier molecular flexibility index (Phi) is 3.36. The summed E-state index contributed by atoms with van der Waals surface area (Å²) in [5.74, 6) is -0.905. The summed E-state index contributed by atoms with van der Waals surface area (Å²) in [7, 11) is 0. The van der Waals surface area contributed by atoms with E-state index in [4.69, 9.17) is 16.7 Å². The van der Waals surface area contributed by atoms with E-state index in [-0.39, 0.29) is 6.04 Å². The number of aromatic carboxylic acids is 1. The third-order valence-corrected chi connectivity index (χ3v) is 3.89. The largest absolute Gasteiger partial charge is 0.478 e. The van der Waals surface area contributed by atoms with Crippen LogP contribution in [0.4, 0.5) is 5.69 Å². The number of hydrogen-bond acceptors (Lipinski definition) is 2. The lowest BCUT2D eigenvalue weighted by Crippen LogP contribution is -2.07. The molecule has 0 bridgehead atoms. The van der Waals surface area contributed by atoms with E-state index in [2.05, 4.69) is 11.4 Å². The first-order valence-corrected chi connectivity index (χ1v) is 6.89. The number of carbonyl (C=O) groups is 1.